The Balaban J connectivity index is 1.39. The van der Waals surface area contributed by atoms with E-state index in [1.54, 1.807) is 5.38 Å². The van der Waals surface area contributed by atoms with Gasteiger partial charge < -0.3 is 10.1 Å². The number of thiazole rings is 1. The minimum atomic E-state index is -0.221. The van der Waals surface area contributed by atoms with Gasteiger partial charge in [0.2, 0.25) is 0 Å². The van der Waals surface area contributed by atoms with E-state index in [0.29, 0.717) is 17.3 Å². The normalized spacial score (nSPS) is 10.5. The molecule has 1 aromatic heterocycles. The third-order valence-electron chi connectivity index (χ3n) is 4.19. The molecule has 4 rings (SSSR count). The van der Waals surface area contributed by atoms with Crippen LogP contribution in [0.2, 0.25) is 5.02 Å². The van der Waals surface area contributed by atoms with Crippen LogP contribution in [-0.2, 0) is 6.61 Å². The van der Waals surface area contributed by atoms with E-state index in [-0.39, 0.29) is 5.91 Å². The first-order valence-corrected chi connectivity index (χ1v) is 10.2. The number of nitrogens with one attached hydrogen (secondary N) is 1. The summed E-state index contributed by atoms with van der Waals surface area (Å²) in [5, 5.41) is 6.10. The molecule has 4 nitrogen and oxygen atoms in total. The third-order valence-corrected chi connectivity index (χ3v) is 5.33. The maximum Gasteiger partial charge on any atom is 0.275 e. The second kappa shape index (κ2) is 8.90. The highest BCUT2D eigenvalue weighted by atomic mass is 35.5. The van der Waals surface area contributed by atoms with Crippen LogP contribution >= 0.6 is 22.9 Å². The lowest BCUT2D eigenvalue weighted by Crippen LogP contribution is -2.12. The number of nitrogens with zero attached hydrogens (tertiary/aromatic N) is 1. The van der Waals surface area contributed by atoms with Crippen LogP contribution in [0.3, 0.4) is 0 Å². The van der Waals surface area contributed by atoms with Gasteiger partial charge in [0.1, 0.15) is 23.1 Å². The molecule has 6 heteroatoms. The predicted octanol–water partition coefficient (Wildman–Crippen LogP) is 6.29. The molecule has 1 heterocycles. The Morgan fingerprint density at radius 2 is 1.69 bits per heavy atom. The molecule has 1 amide bonds. The lowest BCUT2D eigenvalue weighted by atomic mass is 10.2. The van der Waals surface area contributed by atoms with Crippen LogP contribution in [0.1, 0.15) is 16.1 Å². The molecule has 0 radical (unpaired) electrons. The predicted molar refractivity (Wildman–Crippen MR) is 118 cm³/mol. The number of carbonyl (C=O) groups is 1. The number of carbonyl (C=O) groups excluding carboxylic acids is 1. The van der Waals surface area contributed by atoms with E-state index in [1.807, 2.05) is 78.9 Å². The number of benzene rings is 3. The minimum absolute atomic E-state index is 0.221. The molecule has 144 valence electrons. The van der Waals surface area contributed by atoms with Crippen LogP contribution in [-0.4, -0.2) is 10.9 Å². The monoisotopic (exact) mass is 420 g/mol. The molecule has 0 fully saturated rings. The summed E-state index contributed by atoms with van der Waals surface area (Å²) in [7, 11) is 0. The van der Waals surface area contributed by atoms with Crippen molar-refractivity contribution < 1.29 is 9.53 Å². The van der Waals surface area contributed by atoms with E-state index in [2.05, 4.69) is 10.3 Å². The molecule has 0 bridgehead atoms. The van der Waals surface area contributed by atoms with Gasteiger partial charge in [-0.25, -0.2) is 4.98 Å². The lowest BCUT2D eigenvalue weighted by Gasteiger charge is -2.07. The van der Waals surface area contributed by atoms with E-state index in [9.17, 15) is 4.79 Å². The Labute approximate surface area is 177 Å². The van der Waals surface area contributed by atoms with Crippen LogP contribution in [0.5, 0.6) is 5.75 Å². The summed E-state index contributed by atoms with van der Waals surface area (Å²) in [5.74, 6) is 0.545. The second-order valence-corrected chi connectivity index (χ2v) is 7.59. The maximum atomic E-state index is 12.4. The summed E-state index contributed by atoms with van der Waals surface area (Å²) in [6, 6.07) is 24.6. The number of aromatic nitrogens is 1. The highest BCUT2D eigenvalue weighted by molar-refractivity contribution is 7.13. The van der Waals surface area contributed by atoms with E-state index in [1.165, 1.54) is 11.3 Å². The number of para-hydroxylation sites is 1. The molecule has 3 aromatic carbocycles. The number of rotatable bonds is 6. The Morgan fingerprint density at radius 1 is 0.966 bits per heavy atom. The van der Waals surface area contributed by atoms with Gasteiger partial charge in [-0.05, 0) is 54.1 Å². The fourth-order valence-electron chi connectivity index (χ4n) is 2.67. The number of halogens is 1. The van der Waals surface area contributed by atoms with Crippen LogP contribution < -0.4 is 10.1 Å². The molecule has 0 saturated heterocycles. The van der Waals surface area contributed by atoms with Crippen molar-refractivity contribution in [1.82, 2.24) is 4.98 Å². The quantitative estimate of drug-likeness (QED) is 0.398. The van der Waals surface area contributed by atoms with Crippen LogP contribution in [0.25, 0.3) is 10.6 Å². The number of amides is 1. The summed E-state index contributed by atoms with van der Waals surface area (Å²) >= 11 is 7.33. The van der Waals surface area contributed by atoms with Gasteiger partial charge in [-0.15, -0.1) is 11.3 Å². The molecule has 0 unspecified atom stereocenters. The van der Waals surface area contributed by atoms with E-state index >= 15 is 0 Å². The van der Waals surface area contributed by atoms with Gasteiger partial charge in [0.15, 0.2) is 0 Å². The first-order chi connectivity index (χ1) is 14.2. The van der Waals surface area contributed by atoms with Gasteiger partial charge in [-0.2, -0.15) is 0 Å². The summed E-state index contributed by atoms with van der Waals surface area (Å²) in [4.78, 5) is 16.8. The SMILES string of the molecule is O=C(Nc1ccccc1)c1csc(-c2ccc(OCc3ccc(Cl)cc3)cc2)n1. The first-order valence-electron chi connectivity index (χ1n) is 8.97. The lowest BCUT2D eigenvalue weighted by molar-refractivity contribution is 0.102. The zero-order chi connectivity index (χ0) is 20.1. The molecule has 1 N–H and O–H groups in total. The zero-order valence-electron chi connectivity index (χ0n) is 15.3. The molecule has 29 heavy (non-hydrogen) atoms. The van der Waals surface area contributed by atoms with Crippen molar-refractivity contribution in [3.63, 3.8) is 0 Å². The van der Waals surface area contributed by atoms with Gasteiger partial charge in [0.05, 0.1) is 0 Å². The molecule has 0 saturated carbocycles. The third kappa shape index (κ3) is 5.02. The van der Waals surface area contributed by atoms with Gasteiger partial charge in [0, 0.05) is 21.7 Å². The Morgan fingerprint density at radius 3 is 2.41 bits per heavy atom. The average molecular weight is 421 g/mol. The van der Waals surface area contributed by atoms with Crippen LogP contribution in [0.4, 0.5) is 5.69 Å². The summed E-state index contributed by atoms with van der Waals surface area (Å²) in [5.41, 5.74) is 3.13. The molecule has 0 spiro atoms. The van der Waals surface area contributed by atoms with Crippen molar-refractivity contribution in [2.45, 2.75) is 6.61 Å². The van der Waals surface area contributed by atoms with E-state index < -0.39 is 0 Å². The zero-order valence-corrected chi connectivity index (χ0v) is 16.9. The maximum absolute atomic E-state index is 12.4. The smallest absolute Gasteiger partial charge is 0.275 e. The number of anilines is 1. The van der Waals surface area contributed by atoms with Crippen molar-refractivity contribution in [3.8, 4) is 16.3 Å². The van der Waals surface area contributed by atoms with Gasteiger partial charge in [-0.1, -0.05) is 41.9 Å². The van der Waals surface area contributed by atoms with Gasteiger partial charge >= 0.3 is 0 Å². The summed E-state index contributed by atoms with van der Waals surface area (Å²) < 4.78 is 5.81. The van der Waals surface area contributed by atoms with Gasteiger partial charge in [0.25, 0.3) is 5.91 Å². The first kappa shape index (κ1) is 19.2. The summed E-state index contributed by atoms with van der Waals surface area (Å²) in [6.45, 7) is 0.470. The highest BCUT2D eigenvalue weighted by Crippen LogP contribution is 2.26. The highest BCUT2D eigenvalue weighted by Gasteiger charge is 2.12. The molecule has 4 aromatic rings. The summed E-state index contributed by atoms with van der Waals surface area (Å²) in [6.07, 6.45) is 0. The van der Waals surface area contributed by atoms with Crippen LogP contribution in [0, 0.1) is 0 Å². The fraction of sp³-hybridized carbons (Fsp3) is 0.0435. The molecule has 0 atom stereocenters. The Bertz CT molecular complexity index is 1090. The number of ether oxygens (including phenoxy) is 1. The molecule has 0 aliphatic carbocycles. The van der Waals surface area contributed by atoms with E-state index in [0.717, 1.165) is 27.6 Å². The Kier molecular flexibility index (Phi) is 5.89. The fourth-order valence-corrected chi connectivity index (χ4v) is 3.60. The molecule has 0 aliphatic rings. The number of hydrogen-bond acceptors (Lipinski definition) is 4. The van der Waals surface area contributed by atoms with Crippen molar-refractivity contribution in [2.75, 3.05) is 5.32 Å². The van der Waals surface area contributed by atoms with Crippen LogP contribution in [0.15, 0.2) is 84.2 Å². The van der Waals surface area contributed by atoms with Gasteiger partial charge in [-0.3, -0.25) is 4.79 Å². The molecular formula is C23H17ClN2O2S. The second-order valence-electron chi connectivity index (χ2n) is 6.30. The standard InChI is InChI=1S/C23H17ClN2O2S/c24-18-10-6-16(7-11-18)14-28-20-12-8-17(9-13-20)23-26-21(15-29-23)22(27)25-19-4-2-1-3-5-19/h1-13,15H,14H2,(H,25,27). The van der Waals surface area contributed by atoms with Crippen molar-refractivity contribution in [1.29, 1.82) is 0 Å². The van der Waals surface area contributed by atoms with Crippen molar-refractivity contribution in [3.05, 3.63) is 101 Å². The van der Waals surface area contributed by atoms with Crippen molar-refractivity contribution >= 4 is 34.5 Å². The topological polar surface area (TPSA) is 51.2 Å². The molecule has 0 aliphatic heterocycles. The van der Waals surface area contributed by atoms with Crippen molar-refractivity contribution in [2.24, 2.45) is 0 Å². The minimum Gasteiger partial charge on any atom is -0.489 e. The average Bonchev–Trinajstić information content (AvgIpc) is 3.25. The largest absolute Gasteiger partial charge is 0.489 e. The Hall–Kier alpha value is -3.15. The molecular weight excluding hydrogens is 404 g/mol. The van der Waals surface area contributed by atoms with E-state index in [4.69, 9.17) is 16.3 Å². The number of hydrogen-bond donors (Lipinski definition) is 1.